The molecular weight excluding hydrogens is 335 g/mol. The molecule has 1 N–H and O–H groups in total. The van der Waals surface area contributed by atoms with Crippen LogP contribution in [0, 0.1) is 13.8 Å². The van der Waals surface area contributed by atoms with Crippen molar-refractivity contribution in [1.29, 1.82) is 0 Å². The number of halogens is 2. The maximum Gasteiger partial charge on any atom is 0.230 e. The van der Waals surface area contributed by atoms with E-state index in [0.717, 1.165) is 16.5 Å². The highest BCUT2D eigenvalue weighted by atomic mass is 35.5. The molecule has 6 heteroatoms. The van der Waals surface area contributed by atoms with Crippen LogP contribution in [0.15, 0.2) is 34.9 Å². The maximum atomic E-state index is 12.2. The lowest BCUT2D eigenvalue weighted by atomic mass is 10.1. The normalized spacial score (nSPS) is 11.0. The molecule has 0 aliphatic heterocycles. The van der Waals surface area contributed by atoms with Crippen molar-refractivity contribution in [1.82, 2.24) is 5.16 Å². The number of carbonyl (C=O) groups is 1. The second-order valence-corrected chi connectivity index (χ2v) is 6.23. The van der Waals surface area contributed by atoms with Crippen LogP contribution in [0.4, 0.5) is 5.69 Å². The Morgan fingerprint density at radius 2 is 1.87 bits per heavy atom. The predicted molar refractivity (Wildman–Crippen MR) is 92.3 cm³/mol. The van der Waals surface area contributed by atoms with Crippen molar-refractivity contribution < 1.29 is 9.32 Å². The first-order valence-electron chi connectivity index (χ1n) is 7.04. The molecule has 23 heavy (non-hydrogen) atoms. The van der Waals surface area contributed by atoms with Gasteiger partial charge in [0.1, 0.15) is 5.69 Å². The fraction of sp³-hybridized carbons (Fsp3) is 0.176. The van der Waals surface area contributed by atoms with Crippen LogP contribution in [0.2, 0.25) is 10.0 Å². The molecule has 0 fully saturated rings. The Hall–Kier alpha value is -2.04. The third-order valence-corrected chi connectivity index (χ3v) is 4.43. The van der Waals surface area contributed by atoms with E-state index in [-0.39, 0.29) is 12.3 Å². The van der Waals surface area contributed by atoms with Crippen LogP contribution in [-0.4, -0.2) is 11.1 Å². The van der Waals surface area contributed by atoms with Crippen molar-refractivity contribution >= 4 is 45.8 Å². The highest BCUT2D eigenvalue weighted by molar-refractivity contribution is 6.42. The SMILES string of the molecule is Cc1cc2onc(CC(=O)Nc3ccc(Cl)c(Cl)c3)c2cc1C. The van der Waals surface area contributed by atoms with Gasteiger partial charge in [-0.1, -0.05) is 28.4 Å². The lowest BCUT2D eigenvalue weighted by molar-refractivity contribution is -0.115. The monoisotopic (exact) mass is 348 g/mol. The summed E-state index contributed by atoms with van der Waals surface area (Å²) in [7, 11) is 0. The van der Waals surface area contributed by atoms with Crippen LogP contribution < -0.4 is 5.32 Å². The van der Waals surface area contributed by atoms with Crippen LogP contribution >= 0.6 is 23.2 Å². The molecule has 0 atom stereocenters. The van der Waals surface area contributed by atoms with Gasteiger partial charge < -0.3 is 9.84 Å². The Morgan fingerprint density at radius 1 is 1.13 bits per heavy atom. The first-order valence-corrected chi connectivity index (χ1v) is 7.80. The average Bonchev–Trinajstić information content (AvgIpc) is 2.86. The molecule has 1 heterocycles. The zero-order valence-corrected chi connectivity index (χ0v) is 14.1. The number of nitrogens with zero attached hydrogens (tertiary/aromatic N) is 1. The third kappa shape index (κ3) is 3.33. The summed E-state index contributed by atoms with van der Waals surface area (Å²) in [4.78, 5) is 12.2. The molecule has 0 saturated carbocycles. The molecule has 0 radical (unpaired) electrons. The van der Waals surface area contributed by atoms with Gasteiger partial charge in [-0.25, -0.2) is 0 Å². The van der Waals surface area contributed by atoms with E-state index in [4.69, 9.17) is 27.7 Å². The van der Waals surface area contributed by atoms with E-state index < -0.39 is 0 Å². The highest BCUT2D eigenvalue weighted by Crippen LogP contribution is 2.26. The average molecular weight is 349 g/mol. The minimum Gasteiger partial charge on any atom is -0.356 e. The fourth-order valence-corrected chi connectivity index (χ4v) is 2.60. The van der Waals surface area contributed by atoms with E-state index in [1.165, 1.54) is 0 Å². The molecule has 0 unspecified atom stereocenters. The molecule has 0 spiro atoms. The van der Waals surface area contributed by atoms with Gasteiger partial charge in [0.15, 0.2) is 5.58 Å². The molecule has 0 bridgehead atoms. The van der Waals surface area contributed by atoms with Crippen molar-refractivity contribution in [3.63, 3.8) is 0 Å². The Balaban J connectivity index is 1.80. The lowest BCUT2D eigenvalue weighted by Gasteiger charge is -2.05. The number of anilines is 1. The smallest absolute Gasteiger partial charge is 0.230 e. The van der Waals surface area contributed by atoms with Crippen LogP contribution in [0.1, 0.15) is 16.8 Å². The summed E-state index contributed by atoms with van der Waals surface area (Å²) in [5.41, 5.74) is 4.14. The van der Waals surface area contributed by atoms with Crippen molar-refractivity contribution in [3.05, 3.63) is 57.2 Å². The first kappa shape index (κ1) is 15.8. The van der Waals surface area contributed by atoms with Gasteiger partial charge in [-0.15, -0.1) is 0 Å². The predicted octanol–water partition coefficient (Wildman–Crippen LogP) is 4.93. The number of amides is 1. The number of aryl methyl sites for hydroxylation is 2. The van der Waals surface area contributed by atoms with Crippen molar-refractivity contribution in [3.8, 4) is 0 Å². The Morgan fingerprint density at radius 3 is 2.61 bits per heavy atom. The Bertz CT molecular complexity index is 903. The number of aromatic nitrogens is 1. The number of fused-ring (bicyclic) bond motifs is 1. The van der Waals surface area contributed by atoms with E-state index in [1.807, 2.05) is 26.0 Å². The summed E-state index contributed by atoms with van der Waals surface area (Å²) in [5.74, 6) is -0.197. The zero-order valence-electron chi connectivity index (χ0n) is 12.6. The summed E-state index contributed by atoms with van der Waals surface area (Å²) < 4.78 is 5.30. The van der Waals surface area contributed by atoms with E-state index in [2.05, 4.69) is 10.5 Å². The number of rotatable bonds is 3. The number of carbonyl (C=O) groups excluding carboxylic acids is 1. The third-order valence-electron chi connectivity index (χ3n) is 3.69. The zero-order chi connectivity index (χ0) is 16.6. The summed E-state index contributed by atoms with van der Waals surface area (Å²) >= 11 is 11.8. The van der Waals surface area contributed by atoms with Gasteiger partial charge in [0.05, 0.1) is 16.5 Å². The molecule has 3 rings (SSSR count). The highest BCUT2D eigenvalue weighted by Gasteiger charge is 2.14. The van der Waals surface area contributed by atoms with Gasteiger partial charge in [0, 0.05) is 11.1 Å². The summed E-state index contributed by atoms with van der Waals surface area (Å²) in [6, 6.07) is 8.86. The minimum absolute atomic E-state index is 0.121. The van der Waals surface area contributed by atoms with Crippen molar-refractivity contribution in [2.24, 2.45) is 0 Å². The molecule has 3 aromatic rings. The van der Waals surface area contributed by atoms with E-state index >= 15 is 0 Å². The standard InChI is InChI=1S/C17H14Cl2N2O2/c1-9-5-12-15(21-23-16(12)6-10(9)2)8-17(22)20-11-3-4-13(18)14(19)7-11/h3-7H,8H2,1-2H3,(H,20,22). The first-order chi connectivity index (χ1) is 10.9. The quantitative estimate of drug-likeness (QED) is 0.729. The van der Waals surface area contributed by atoms with Gasteiger partial charge >= 0.3 is 0 Å². The van der Waals surface area contributed by atoms with Crippen LogP contribution in [0.5, 0.6) is 0 Å². The molecule has 1 amide bonds. The molecule has 118 valence electrons. The molecule has 1 aromatic heterocycles. The van der Waals surface area contributed by atoms with Crippen LogP contribution in [-0.2, 0) is 11.2 Å². The molecule has 0 aliphatic carbocycles. The summed E-state index contributed by atoms with van der Waals surface area (Å²) in [5, 5.41) is 8.48. The molecule has 0 aliphatic rings. The van der Waals surface area contributed by atoms with Crippen LogP contribution in [0.25, 0.3) is 11.0 Å². The topological polar surface area (TPSA) is 55.1 Å². The Kier molecular flexibility index (Phi) is 4.28. The molecule has 0 saturated heterocycles. The van der Waals surface area contributed by atoms with Crippen LogP contribution in [0.3, 0.4) is 0 Å². The van der Waals surface area contributed by atoms with Gasteiger partial charge in [-0.2, -0.15) is 0 Å². The second kappa shape index (κ2) is 6.22. The second-order valence-electron chi connectivity index (χ2n) is 5.42. The van der Waals surface area contributed by atoms with Crippen molar-refractivity contribution in [2.75, 3.05) is 5.32 Å². The van der Waals surface area contributed by atoms with E-state index in [1.54, 1.807) is 18.2 Å². The Labute approximate surface area is 143 Å². The maximum absolute atomic E-state index is 12.2. The van der Waals surface area contributed by atoms with Crippen molar-refractivity contribution in [2.45, 2.75) is 20.3 Å². The molecule has 4 nitrogen and oxygen atoms in total. The summed E-state index contributed by atoms with van der Waals surface area (Å²) in [6.45, 7) is 4.02. The van der Waals surface area contributed by atoms with Gasteiger partial charge in [-0.05, 0) is 55.3 Å². The lowest BCUT2D eigenvalue weighted by Crippen LogP contribution is -2.14. The molecule has 2 aromatic carbocycles. The molecular formula is C17H14Cl2N2O2. The van der Waals surface area contributed by atoms with Gasteiger partial charge in [-0.3, -0.25) is 4.79 Å². The number of nitrogens with one attached hydrogen (secondary N) is 1. The number of hydrogen-bond donors (Lipinski definition) is 1. The fourth-order valence-electron chi connectivity index (χ4n) is 2.30. The van der Waals surface area contributed by atoms with E-state index in [9.17, 15) is 4.79 Å². The van der Waals surface area contributed by atoms with E-state index in [0.29, 0.717) is 27.0 Å². The number of benzene rings is 2. The van der Waals surface area contributed by atoms with Gasteiger partial charge in [0.25, 0.3) is 0 Å². The number of hydrogen-bond acceptors (Lipinski definition) is 3. The summed E-state index contributed by atoms with van der Waals surface area (Å²) in [6.07, 6.45) is 0.121. The largest absolute Gasteiger partial charge is 0.356 e. The minimum atomic E-state index is -0.197. The van der Waals surface area contributed by atoms with Gasteiger partial charge in [0.2, 0.25) is 5.91 Å².